The Hall–Kier alpha value is -1.53. The highest BCUT2D eigenvalue weighted by molar-refractivity contribution is 7.79. The van der Waals surface area contributed by atoms with E-state index < -0.39 is 7.92 Å². The summed E-state index contributed by atoms with van der Waals surface area (Å²) in [6, 6.07) is 27.8. The lowest BCUT2D eigenvalue weighted by atomic mass is 10.2. The third-order valence-electron chi connectivity index (χ3n) is 3.75. The summed E-state index contributed by atoms with van der Waals surface area (Å²) in [6.45, 7) is 2.15. The number of methoxy groups -OCH3 is 1. The quantitative estimate of drug-likeness (QED) is 0.602. The Morgan fingerprint density at radius 3 is 1.62 bits per heavy atom. The smallest absolute Gasteiger partial charge is 0.122 e. The molecular weight excluding hydrogens is 358 g/mol. The second-order valence-corrected chi connectivity index (χ2v) is 7.30. The molecule has 24 heavy (non-hydrogen) atoms. The molecule has 0 amide bonds. The summed E-state index contributed by atoms with van der Waals surface area (Å²) >= 11 is 0. The fourth-order valence-corrected chi connectivity index (χ4v) is 5.12. The Bertz CT molecular complexity index is 709. The summed E-state index contributed by atoms with van der Waals surface area (Å²) < 4.78 is 5.52. The number of hydrogen-bond acceptors (Lipinski definition) is 1. The van der Waals surface area contributed by atoms with Crippen molar-refractivity contribution in [3.63, 3.8) is 0 Å². The van der Waals surface area contributed by atoms with Gasteiger partial charge in [-0.1, -0.05) is 72.8 Å². The third-order valence-corrected chi connectivity index (χ3v) is 6.34. The molecule has 0 aromatic heterocycles. The molecule has 0 spiro atoms. The van der Waals surface area contributed by atoms with Crippen molar-refractivity contribution in [2.24, 2.45) is 0 Å². The molecule has 3 aromatic carbocycles. The summed E-state index contributed by atoms with van der Waals surface area (Å²) in [4.78, 5) is 0. The monoisotopic (exact) mass is 378 g/mol. The first-order valence-electron chi connectivity index (χ1n) is 7.35. The first-order chi connectivity index (χ1) is 10.8. The number of ether oxygens (including phenoxy) is 1. The fourth-order valence-electron chi connectivity index (χ4n) is 2.65. The zero-order valence-corrected chi connectivity index (χ0v) is 16.2. The first kappa shape index (κ1) is 20.5. The minimum absolute atomic E-state index is 0. The Morgan fingerprint density at radius 2 is 1.17 bits per heavy atom. The second kappa shape index (κ2) is 9.69. The molecule has 0 saturated heterocycles. The Morgan fingerprint density at radius 1 is 0.667 bits per heavy atom. The van der Waals surface area contributed by atoms with Gasteiger partial charge in [-0.05, 0) is 42.4 Å². The maximum absolute atomic E-state index is 5.52. The van der Waals surface area contributed by atoms with Gasteiger partial charge in [-0.3, -0.25) is 0 Å². The van der Waals surface area contributed by atoms with E-state index in [9.17, 15) is 0 Å². The fraction of sp³-hybridized carbons (Fsp3) is 0.100. The number of rotatable bonds is 4. The van der Waals surface area contributed by atoms with Crippen molar-refractivity contribution < 1.29 is 4.74 Å². The van der Waals surface area contributed by atoms with E-state index in [4.69, 9.17) is 4.74 Å². The molecule has 3 aromatic rings. The largest absolute Gasteiger partial charge is 0.496 e. The summed E-state index contributed by atoms with van der Waals surface area (Å²) in [5, 5.41) is 4.08. The maximum atomic E-state index is 5.52. The van der Waals surface area contributed by atoms with Gasteiger partial charge in [-0.25, -0.2) is 0 Å². The van der Waals surface area contributed by atoms with Crippen LogP contribution in [0, 0.1) is 6.92 Å². The average molecular weight is 379 g/mol. The predicted octanol–water partition coefficient (Wildman–Crippen LogP) is 4.61. The van der Waals surface area contributed by atoms with E-state index in [1.165, 1.54) is 21.5 Å². The van der Waals surface area contributed by atoms with E-state index in [1.54, 1.807) is 7.11 Å². The molecule has 0 aliphatic heterocycles. The van der Waals surface area contributed by atoms with Crippen LogP contribution < -0.4 is 20.7 Å². The molecule has 0 N–H and O–H groups in total. The standard InChI is InChI=1S/C20H19OP.2ClH/c1-16-19(21-2)14-9-15-20(16)22(17-10-5-3-6-11-17)18-12-7-4-8-13-18;;/h3-15H,1-2H3;2*1H. The van der Waals surface area contributed by atoms with E-state index >= 15 is 0 Å². The summed E-state index contributed by atoms with van der Waals surface area (Å²) in [7, 11) is 1.17. The number of hydrogen-bond donors (Lipinski definition) is 0. The predicted molar refractivity (Wildman–Crippen MR) is 111 cm³/mol. The van der Waals surface area contributed by atoms with Crippen LogP contribution in [0.5, 0.6) is 5.75 Å². The van der Waals surface area contributed by atoms with Gasteiger partial charge in [0, 0.05) is 0 Å². The highest BCUT2D eigenvalue weighted by Gasteiger charge is 2.19. The van der Waals surface area contributed by atoms with Gasteiger partial charge in [0.25, 0.3) is 0 Å². The molecule has 126 valence electrons. The SMILES string of the molecule is COc1cccc(P(c2ccccc2)c2ccccc2)c1C.Cl.Cl. The van der Waals surface area contributed by atoms with Crippen molar-refractivity contribution in [1.29, 1.82) is 0 Å². The zero-order chi connectivity index (χ0) is 15.4. The van der Waals surface area contributed by atoms with Gasteiger partial charge in [0.05, 0.1) is 7.11 Å². The molecule has 0 bridgehead atoms. The molecule has 0 aliphatic carbocycles. The molecule has 1 nitrogen and oxygen atoms in total. The van der Waals surface area contributed by atoms with Crippen molar-refractivity contribution in [3.05, 3.63) is 84.4 Å². The Balaban J connectivity index is 0.00000144. The van der Waals surface area contributed by atoms with Gasteiger partial charge >= 0.3 is 0 Å². The van der Waals surface area contributed by atoms with Crippen molar-refractivity contribution in [1.82, 2.24) is 0 Å². The van der Waals surface area contributed by atoms with Gasteiger partial charge in [0.15, 0.2) is 0 Å². The van der Waals surface area contributed by atoms with Crippen molar-refractivity contribution in [2.75, 3.05) is 7.11 Å². The summed E-state index contributed by atoms with van der Waals surface area (Å²) in [5.41, 5.74) is 1.23. The van der Waals surface area contributed by atoms with Crippen molar-refractivity contribution in [2.45, 2.75) is 6.92 Å². The van der Waals surface area contributed by atoms with Crippen LogP contribution in [-0.4, -0.2) is 7.11 Å². The molecule has 0 unspecified atom stereocenters. The van der Waals surface area contributed by atoms with Crippen LogP contribution in [0.15, 0.2) is 78.9 Å². The minimum Gasteiger partial charge on any atom is -0.496 e. The van der Waals surface area contributed by atoms with E-state index in [0.29, 0.717) is 0 Å². The number of benzene rings is 3. The van der Waals surface area contributed by atoms with Gasteiger partial charge in [0.2, 0.25) is 0 Å². The zero-order valence-electron chi connectivity index (χ0n) is 13.7. The van der Waals surface area contributed by atoms with Crippen LogP contribution >= 0.6 is 32.7 Å². The van der Waals surface area contributed by atoms with Crippen LogP contribution in [-0.2, 0) is 0 Å². The van der Waals surface area contributed by atoms with Crippen molar-refractivity contribution >= 4 is 48.6 Å². The summed E-state index contributed by atoms with van der Waals surface area (Å²) in [6.07, 6.45) is 0. The van der Waals surface area contributed by atoms with E-state index in [0.717, 1.165) is 5.75 Å². The van der Waals surface area contributed by atoms with E-state index in [1.807, 2.05) is 6.07 Å². The highest BCUT2D eigenvalue weighted by Crippen LogP contribution is 2.35. The summed E-state index contributed by atoms with van der Waals surface area (Å²) in [5.74, 6) is 0.955. The molecule has 0 saturated carbocycles. The average Bonchev–Trinajstić information content (AvgIpc) is 2.59. The highest BCUT2D eigenvalue weighted by atomic mass is 35.5. The Labute approximate surface area is 157 Å². The first-order valence-corrected chi connectivity index (χ1v) is 8.69. The van der Waals surface area contributed by atoms with Crippen LogP contribution in [0.4, 0.5) is 0 Å². The van der Waals surface area contributed by atoms with Gasteiger partial charge in [-0.2, -0.15) is 0 Å². The molecule has 0 heterocycles. The van der Waals surface area contributed by atoms with Gasteiger partial charge in [0.1, 0.15) is 5.75 Å². The molecule has 4 heteroatoms. The molecule has 0 aliphatic rings. The minimum atomic E-state index is -0.569. The lowest BCUT2D eigenvalue weighted by molar-refractivity contribution is 0.412. The van der Waals surface area contributed by atoms with Gasteiger partial charge in [-0.15, -0.1) is 24.8 Å². The lowest BCUT2D eigenvalue weighted by Crippen LogP contribution is -2.22. The topological polar surface area (TPSA) is 9.23 Å². The van der Waals surface area contributed by atoms with E-state index in [-0.39, 0.29) is 24.8 Å². The molecule has 0 atom stereocenters. The van der Waals surface area contributed by atoms with Crippen LogP contribution in [0.1, 0.15) is 5.56 Å². The van der Waals surface area contributed by atoms with Crippen molar-refractivity contribution in [3.8, 4) is 5.75 Å². The molecule has 0 fully saturated rings. The molecule has 0 radical (unpaired) electrons. The van der Waals surface area contributed by atoms with E-state index in [2.05, 4.69) is 79.7 Å². The second-order valence-electron chi connectivity index (χ2n) is 5.11. The third kappa shape index (κ3) is 4.30. The normalized spacial score (nSPS) is 9.79. The Kier molecular flexibility index (Phi) is 8.28. The van der Waals surface area contributed by atoms with Crippen LogP contribution in [0.3, 0.4) is 0 Å². The maximum Gasteiger partial charge on any atom is 0.122 e. The molecular formula is C20H21Cl2OP. The lowest BCUT2D eigenvalue weighted by Gasteiger charge is -2.22. The number of halogens is 2. The van der Waals surface area contributed by atoms with Crippen LogP contribution in [0.25, 0.3) is 0 Å². The van der Waals surface area contributed by atoms with Gasteiger partial charge < -0.3 is 4.74 Å². The van der Waals surface area contributed by atoms with Crippen LogP contribution in [0.2, 0.25) is 0 Å². The molecule has 3 rings (SSSR count).